The monoisotopic (exact) mass is 160 g/mol. The maximum absolute atomic E-state index is 9.68. The van der Waals surface area contributed by atoms with E-state index >= 15 is 0 Å². The fourth-order valence-electron chi connectivity index (χ4n) is 0.753. The van der Waals surface area contributed by atoms with E-state index in [1.807, 2.05) is 18.2 Å². The van der Waals surface area contributed by atoms with Gasteiger partial charge < -0.3 is 0 Å². The standard InChI is InChI=1S/C9H8N2O/c12-8-11-5-1-2-9-3-6-10-7-4-9/h1-4,6-7H,5H2/b2-1-. The van der Waals surface area contributed by atoms with Crippen molar-refractivity contribution in [3.05, 3.63) is 36.2 Å². The molecule has 1 heterocycles. The number of carbonyl (C=O) groups excluding carboxylic acids is 1. The van der Waals surface area contributed by atoms with Crippen LogP contribution >= 0.6 is 0 Å². The molecule has 0 saturated carbocycles. The number of rotatable bonds is 3. The highest BCUT2D eigenvalue weighted by molar-refractivity contribution is 5.48. The third-order valence-electron chi connectivity index (χ3n) is 1.28. The van der Waals surface area contributed by atoms with Crippen molar-refractivity contribution >= 4 is 12.2 Å². The molecule has 60 valence electrons. The summed E-state index contributed by atoms with van der Waals surface area (Å²) in [5.74, 6) is 0. The van der Waals surface area contributed by atoms with Gasteiger partial charge in [-0.05, 0) is 17.7 Å². The second-order valence-electron chi connectivity index (χ2n) is 2.11. The summed E-state index contributed by atoms with van der Waals surface area (Å²) in [5.41, 5.74) is 1.05. The molecule has 3 heteroatoms. The molecule has 0 atom stereocenters. The van der Waals surface area contributed by atoms with E-state index in [9.17, 15) is 4.79 Å². The highest BCUT2D eigenvalue weighted by Gasteiger charge is 1.81. The van der Waals surface area contributed by atoms with Crippen LogP contribution in [0.3, 0.4) is 0 Å². The van der Waals surface area contributed by atoms with E-state index in [1.165, 1.54) is 6.08 Å². The van der Waals surface area contributed by atoms with E-state index in [1.54, 1.807) is 18.5 Å². The summed E-state index contributed by atoms with van der Waals surface area (Å²) < 4.78 is 0. The Bertz CT molecular complexity index is 300. The minimum atomic E-state index is 0.381. The van der Waals surface area contributed by atoms with Gasteiger partial charge in [0.1, 0.15) is 0 Å². The quantitative estimate of drug-likeness (QED) is 0.495. The van der Waals surface area contributed by atoms with Crippen LogP contribution in [0.2, 0.25) is 0 Å². The Morgan fingerprint density at radius 3 is 2.92 bits per heavy atom. The van der Waals surface area contributed by atoms with E-state index in [0.717, 1.165) is 5.56 Å². The Morgan fingerprint density at radius 1 is 1.50 bits per heavy atom. The topological polar surface area (TPSA) is 42.3 Å². The predicted octanol–water partition coefficient (Wildman–Crippen LogP) is 1.43. The van der Waals surface area contributed by atoms with Gasteiger partial charge in [0.05, 0.1) is 6.54 Å². The Balaban J connectivity index is 2.52. The molecule has 12 heavy (non-hydrogen) atoms. The Morgan fingerprint density at radius 2 is 2.25 bits per heavy atom. The van der Waals surface area contributed by atoms with Gasteiger partial charge in [-0.3, -0.25) is 4.98 Å². The highest BCUT2D eigenvalue weighted by atomic mass is 16.1. The van der Waals surface area contributed by atoms with Gasteiger partial charge in [0, 0.05) is 12.4 Å². The number of isocyanates is 1. The highest BCUT2D eigenvalue weighted by Crippen LogP contribution is 1.98. The van der Waals surface area contributed by atoms with E-state index in [-0.39, 0.29) is 0 Å². The van der Waals surface area contributed by atoms with Crippen LogP contribution in [-0.4, -0.2) is 17.6 Å². The van der Waals surface area contributed by atoms with Crippen LogP contribution in [0.5, 0.6) is 0 Å². The summed E-state index contributed by atoms with van der Waals surface area (Å²) in [6.07, 6.45) is 8.56. The SMILES string of the molecule is O=C=NC/C=C\c1ccncc1. The minimum absolute atomic E-state index is 0.381. The maximum atomic E-state index is 9.68. The molecule has 0 saturated heterocycles. The zero-order valence-electron chi connectivity index (χ0n) is 6.47. The first-order valence-corrected chi connectivity index (χ1v) is 3.53. The van der Waals surface area contributed by atoms with Gasteiger partial charge in [0.15, 0.2) is 0 Å². The molecule has 1 rings (SSSR count). The summed E-state index contributed by atoms with van der Waals surface area (Å²) in [4.78, 5) is 16.9. The van der Waals surface area contributed by atoms with Crippen molar-refractivity contribution in [3.8, 4) is 0 Å². The number of aromatic nitrogens is 1. The van der Waals surface area contributed by atoms with Gasteiger partial charge in [-0.25, -0.2) is 9.79 Å². The van der Waals surface area contributed by atoms with Gasteiger partial charge in [-0.15, -0.1) is 0 Å². The van der Waals surface area contributed by atoms with Crippen LogP contribution in [0.25, 0.3) is 6.08 Å². The van der Waals surface area contributed by atoms with Gasteiger partial charge in [0.2, 0.25) is 6.08 Å². The number of hydrogen-bond acceptors (Lipinski definition) is 3. The van der Waals surface area contributed by atoms with Crippen molar-refractivity contribution < 1.29 is 4.79 Å². The lowest BCUT2D eigenvalue weighted by Gasteiger charge is -1.87. The molecule has 0 aromatic carbocycles. The molecule has 0 N–H and O–H groups in total. The fraction of sp³-hybridized carbons (Fsp3) is 0.111. The molecule has 0 bridgehead atoms. The molecule has 0 radical (unpaired) electrons. The van der Waals surface area contributed by atoms with Crippen LogP contribution in [0, 0.1) is 0 Å². The van der Waals surface area contributed by atoms with E-state index in [2.05, 4.69) is 9.98 Å². The predicted molar refractivity (Wildman–Crippen MR) is 46.3 cm³/mol. The average molecular weight is 160 g/mol. The molecule has 1 aromatic heterocycles. The van der Waals surface area contributed by atoms with E-state index < -0.39 is 0 Å². The van der Waals surface area contributed by atoms with Gasteiger partial charge in [-0.1, -0.05) is 12.2 Å². The van der Waals surface area contributed by atoms with Crippen LogP contribution in [0.15, 0.2) is 35.6 Å². The molecule has 1 aromatic rings. The summed E-state index contributed by atoms with van der Waals surface area (Å²) in [7, 11) is 0. The van der Waals surface area contributed by atoms with Crippen LogP contribution < -0.4 is 0 Å². The molecule has 0 aliphatic rings. The molecular weight excluding hydrogens is 152 g/mol. The van der Waals surface area contributed by atoms with Crippen molar-refractivity contribution in [2.24, 2.45) is 4.99 Å². The fourth-order valence-corrected chi connectivity index (χ4v) is 0.753. The molecule has 0 amide bonds. The number of aliphatic imine (C=N–C) groups is 1. The summed E-state index contributed by atoms with van der Waals surface area (Å²) in [6, 6.07) is 3.75. The van der Waals surface area contributed by atoms with Crippen molar-refractivity contribution in [2.75, 3.05) is 6.54 Å². The van der Waals surface area contributed by atoms with Crippen molar-refractivity contribution in [3.63, 3.8) is 0 Å². The average Bonchev–Trinajstić information content (AvgIpc) is 2.14. The zero-order valence-corrected chi connectivity index (χ0v) is 6.47. The number of hydrogen-bond donors (Lipinski definition) is 0. The smallest absolute Gasteiger partial charge is 0.235 e. The first-order chi connectivity index (χ1) is 5.93. The summed E-state index contributed by atoms with van der Waals surface area (Å²) in [6.45, 7) is 0.381. The lowest BCUT2D eigenvalue weighted by Crippen LogP contribution is -1.74. The molecule has 0 spiro atoms. The van der Waals surface area contributed by atoms with E-state index in [0.29, 0.717) is 6.54 Å². The normalized spacial score (nSPS) is 9.67. The van der Waals surface area contributed by atoms with E-state index in [4.69, 9.17) is 0 Å². The molecule has 0 aliphatic carbocycles. The Hall–Kier alpha value is -1.73. The van der Waals surface area contributed by atoms with Gasteiger partial charge >= 0.3 is 0 Å². The van der Waals surface area contributed by atoms with Crippen LogP contribution in [0.1, 0.15) is 5.56 Å². The molecule has 3 nitrogen and oxygen atoms in total. The third-order valence-corrected chi connectivity index (χ3v) is 1.28. The second-order valence-corrected chi connectivity index (χ2v) is 2.11. The van der Waals surface area contributed by atoms with Crippen molar-refractivity contribution in [1.82, 2.24) is 4.98 Å². The largest absolute Gasteiger partial charge is 0.265 e. The van der Waals surface area contributed by atoms with Crippen molar-refractivity contribution in [2.45, 2.75) is 0 Å². The summed E-state index contributed by atoms with van der Waals surface area (Å²) in [5, 5.41) is 0. The first-order valence-electron chi connectivity index (χ1n) is 3.53. The molecular formula is C9H8N2O. The third kappa shape index (κ3) is 2.90. The first kappa shape index (κ1) is 8.37. The molecule has 0 fully saturated rings. The Labute approximate surface area is 70.5 Å². The number of nitrogens with zero attached hydrogens (tertiary/aromatic N) is 2. The second kappa shape index (κ2) is 4.99. The summed E-state index contributed by atoms with van der Waals surface area (Å²) >= 11 is 0. The lowest BCUT2D eigenvalue weighted by molar-refractivity contribution is 0.564. The molecule has 0 unspecified atom stereocenters. The van der Waals surface area contributed by atoms with Crippen LogP contribution in [-0.2, 0) is 4.79 Å². The zero-order chi connectivity index (χ0) is 8.65. The minimum Gasteiger partial charge on any atom is -0.265 e. The lowest BCUT2D eigenvalue weighted by atomic mass is 10.2. The van der Waals surface area contributed by atoms with Crippen LogP contribution in [0.4, 0.5) is 0 Å². The number of pyridine rings is 1. The van der Waals surface area contributed by atoms with Gasteiger partial charge in [0.25, 0.3) is 0 Å². The van der Waals surface area contributed by atoms with Crippen molar-refractivity contribution in [1.29, 1.82) is 0 Å². The Kier molecular flexibility index (Phi) is 3.48. The van der Waals surface area contributed by atoms with Gasteiger partial charge in [-0.2, -0.15) is 0 Å². The molecule has 0 aliphatic heterocycles. The maximum Gasteiger partial charge on any atom is 0.235 e.